The summed E-state index contributed by atoms with van der Waals surface area (Å²) in [5.41, 5.74) is 1.24. The molecule has 0 spiro atoms. The van der Waals surface area contributed by atoms with Crippen LogP contribution in [-0.2, 0) is 9.53 Å². The zero-order valence-electron chi connectivity index (χ0n) is 22.3. The van der Waals surface area contributed by atoms with Gasteiger partial charge in [-0.2, -0.15) is 0 Å². The quantitative estimate of drug-likeness (QED) is 0.287. The number of unbranched alkanes of at least 4 members (excludes halogenated alkanes) is 2. The van der Waals surface area contributed by atoms with Crippen LogP contribution >= 0.6 is 11.8 Å². The Kier molecular flexibility index (Phi) is 10.1. The van der Waals surface area contributed by atoms with Crippen LogP contribution in [0.25, 0.3) is 6.08 Å². The van der Waals surface area contributed by atoms with Crippen molar-refractivity contribution >= 4 is 40.8 Å². The molecule has 37 heavy (non-hydrogen) atoms. The highest BCUT2D eigenvalue weighted by atomic mass is 32.2. The van der Waals surface area contributed by atoms with Crippen molar-refractivity contribution in [1.82, 2.24) is 16.0 Å². The van der Waals surface area contributed by atoms with E-state index in [-0.39, 0.29) is 11.3 Å². The number of carbonyl (C=O) groups excluding carboxylic acids is 3. The van der Waals surface area contributed by atoms with E-state index in [4.69, 9.17) is 14.2 Å². The van der Waals surface area contributed by atoms with Crippen LogP contribution in [0.4, 0.5) is 15.3 Å². The molecule has 204 valence electrons. The number of carbonyl (C=O) groups is 3. The van der Waals surface area contributed by atoms with Crippen molar-refractivity contribution in [2.24, 2.45) is 0 Å². The summed E-state index contributed by atoms with van der Waals surface area (Å²) in [5, 5.41) is 8.35. The van der Waals surface area contributed by atoms with Crippen molar-refractivity contribution in [2.45, 2.75) is 58.1 Å². The van der Waals surface area contributed by atoms with Crippen LogP contribution in [0, 0.1) is 0 Å². The predicted molar refractivity (Wildman–Crippen MR) is 145 cm³/mol. The number of anilines is 1. The SMILES string of the molecule is COc1cc(C=C2SC(=O)NC2=O)c(N2CCC(NCCCCCNC(=O)OC(C)(C)C)C2)cc1OC. The molecule has 3 N–H and O–H groups in total. The minimum Gasteiger partial charge on any atom is -0.493 e. The number of methoxy groups -OCH3 is 2. The molecule has 0 aromatic heterocycles. The average molecular weight is 535 g/mol. The number of ether oxygens (including phenoxy) is 3. The third-order valence-corrected chi connectivity index (χ3v) is 6.76. The molecule has 11 heteroatoms. The monoisotopic (exact) mass is 534 g/mol. The van der Waals surface area contributed by atoms with Gasteiger partial charge in [0, 0.05) is 43.0 Å². The number of nitrogens with zero attached hydrogens (tertiary/aromatic N) is 1. The topological polar surface area (TPSA) is 118 Å². The van der Waals surface area contributed by atoms with Gasteiger partial charge in [-0.15, -0.1) is 0 Å². The molecule has 2 aliphatic heterocycles. The van der Waals surface area contributed by atoms with Crippen molar-refractivity contribution in [1.29, 1.82) is 0 Å². The Morgan fingerprint density at radius 1 is 1.14 bits per heavy atom. The van der Waals surface area contributed by atoms with Crippen LogP contribution in [0.2, 0.25) is 0 Å². The molecule has 2 fully saturated rings. The summed E-state index contributed by atoms with van der Waals surface area (Å²) < 4.78 is 16.2. The van der Waals surface area contributed by atoms with Gasteiger partial charge in [0.2, 0.25) is 0 Å². The Bertz CT molecular complexity index is 1020. The maximum atomic E-state index is 12.1. The normalized spacial score (nSPS) is 18.8. The van der Waals surface area contributed by atoms with E-state index in [1.807, 2.05) is 32.9 Å². The highest BCUT2D eigenvalue weighted by Gasteiger charge is 2.28. The molecule has 10 nitrogen and oxygen atoms in total. The molecular formula is C26H38N4O6S. The van der Waals surface area contributed by atoms with Crippen LogP contribution < -0.4 is 30.3 Å². The van der Waals surface area contributed by atoms with Crippen molar-refractivity contribution in [3.63, 3.8) is 0 Å². The van der Waals surface area contributed by atoms with E-state index in [0.29, 0.717) is 29.0 Å². The van der Waals surface area contributed by atoms with Gasteiger partial charge in [-0.3, -0.25) is 14.9 Å². The van der Waals surface area contributed by atoms with Crippen molar-refractivity contribution in [2.75, 3.05) is 45.3 Å². The number of hydrogen-bond donors (Lipinski definition) is 3. The van der Waals surface area contributed by atoms with Gasteiger partial charge in [0.1, 0.15) is 5.60 Å². The highest BCUT2D eigenvalue weighted by Crippen LogP contribution is 2.39. The molecule has 2 heterocycles. The lowest BCUT2D eigenvalue weighted by molar-refractivity contribution is -0.115. The Balaban J connectivity index is 1.52. The average Bonchev–Trinajstić information content (AvgIpc) is 3.42. The molecule has 1 aromatic carbocycles. The van der Waals surface area contributed by atoms with E-state index in [2.05, 4.69) is 20.9 Å². The summed E-state index contributed by atoms with van der Waals surface area (Å²) in [7, 11) is 3.16. The summed E-state index contributed by atoms with van der Waals surface area (Å²) in [6.45, 7) is 8.70. The third kappa shape index (κ3) is 8.57. The fourth-order valence-corrected chi connectivity index (χ4v) is 4.89. The van der Waals surface area contributed by atoms with Gasteiger partial charge in [0.05, 0.1) is 19.1 Å². The second-order valence-corrected chi connectivity index (χ2v) is 11.0. The molecule has 1 aromatic rings. The number of thioether (sulfide) groups is 1. The van der Waals surface area contributed by atoms with Gasteiger partial charge in [-0.25, -0.2) is 4.79 Å². The van der Waals surface area contributed by atoms with E-state index in [9.17, 15) is 14.4 Å². The zero-order valence-corrected chi connectivity index (χ0v) is 23.1. The van der Waals surface area contributed by atoms with Crippen LogP contribution in [0.1, 0.15) is 52.0 Å². The molecule has 0 bridgehead atoms. The van der Waals surface area contributed by atoms with Crippen LogP contribution in [0.15, 0.2) is 17.0 Å². The lowest BCUT2D eigenvalue weighted by Crippen LogP contribution is -2.34. The fraction of sp³-hybridized carbons (Fsp3) is 0.577. The van der Waals surface area contributed by atoms with Crippen LogP contribution in [0.5, 0.6) is 11.5 Å². The Labute approximate surface area is 222 Å². The first-order chi connectivity index (χ1) is 17.6. The number of nitrogens with one attached hydrogen (secondary N) is 3. The smallest absolute Gasteiger partial charge is 0.407 e. The molecule has 0 saturated carbocycles. The Hall–Kier alpha value is -2.92. The van der Waals surface area contributed by atoms with Gasteiger partial charge in [0.15, 0.2) is 11.5 Å². The van der Waals surface area contributed by atoms with Gasteiger partial charge >= 0.3 is 6.09 Å². The van der Waals surface area contributed by atoms with Gasteiger partial charge in [-0.1, -0.05) is 6.42 Å². The molecule has 0 radical (unpaired) electrons. The summed E-state index contributed by atoms with van der Waals surface area (Å²) in [5.74, 6) is 0.775. The number of hydrogen-bond acceptors (Lipinski definition) is 9. The molecule has 3 amide bonds. The minimum atomic E-state index is -0.485. The zero-order chi connectivity index (χ0) is 27.0. The summed E-state index contributed by atoms with van der Waals surface area (Å²) >= 11 is 0.895. The third-order valence-electron chi connectivity index (χ3n) is 5.95. The summed E-state index contributed by atoms with van der Waals surface area (Å²) in [6, 6.07) is 4.09. The summed E-state index contributed by atoms with van der Waals surface area (Å²) in [6.07, 6.45) is 5.26. The predicted octanol–water partition coefficient (Wildman–Crippen LogP) is 3.89. The molecule has 3 rings (SSSR count). The molecule has 1 unspecified atom stereocenters. The summed E-state index contributed by atoms with van der Waals surface area (Å²) in [4.78, 5) is 38.1. The lowest BCUT2D eigenvalue weighted by atomic mass is 10.1. The first-order valence-electron chi connectivity index (χ1n) is 12.6. The van der Waals surface area contributed by atoms with Gasteiger partial charge in [0.25, 0.3) is 11.1 Å². The molecule has 2 saturated heterocycles. The van der Waals surface area contributed by atoms with E-state index >= 15 is 0 Å². The minimum absolute atomic E-state index is 0.333. The van der Waals surface area contributed by atoms with Crippen LogP contribution in [-0.4, -0.2) is 69.3 Å². The standard InChI is InChI=1S/C26H38N4O6S/c1-26(2,3)36-24(32)28-11-8-6-7-10-27-18-9-12-30(16-18)19-15-21(35-5)20(34-4)13-17(19)14-22-23(31)29-25(33)37-22/h13-15,18,27H,6-12,16H2,1-5H3,(H,28,32)(H,29,31,33). The number of imide groups is 1. The molecular weight excluding hydrogens is 496 g/mol. The second kappa shape index (κ2) is 13.0. The lowest BCUT2D eigenvalue weighted by Gasteiger charge is -2.23. The van der Waals surface area contributed by atoms with E-state index < -0.39 is 11.5 Å². The van der Waals surface area contributed by atoms with Gasteiger partial charge < -0.3 is 29.7 Å². The van der Waals surface area contributed by atoms with E-state index in [1.54, 1.807) is 20.3 Å². The van der Waals surface area contributed by atoms with E-state index in [0.717, 1.165) is 68.3 Å². The first kappa shape index (κ1) is 28.6. The molecule has 1 atom stereocenters. The maximum absolute atomic E-state index is 12.1. The van der Waals surface area contributed by atoms with E-state index in [1.165, 1.54) is 0 Å². The Morgan fingerprint density at radius 3 is 2.49 bits per heavy atom. The Morgan fingerprint density at radius 2 is 1.84 bits per heavy atom. The number of amides is 3. The maximum Gasteiger partial charge on any atom is 0.407 e. The molecule has 0 aliphatic carbocycles. The number of alkyl carbamates (subject to hydrolysis) is 1. The van der Waals surface area contributed by atoms with Crippen molar-refractivity contribution in [3.05, 3.63) is 22.6 Å². The first-order valence-corrected chi connectivity index (χ1v) is 13.4. The van der Waals surface area contributed by atoms with Crippen molar-refractivity contribution in [3.8, 4) is 11.5 Å². The fourth-order valence-electron chi connectivity index (χ4n) is 4.22. The number of rotatable bonds is 11. The largest absolute Gasteiger partial charge is 0.493 e. The number of benzene rings is 1. The molecule has 2 aliphatic rings. The second-order valence-electron chi connectivity index (χ2n) is 9.99. The van der Waals surface area contributed by atoms with Crippen LogP contribution in [0.3, 0.4) is 0 Å². The highest BCUT2D eigenvalue weighted by molar-refractivity contribution is 8.18. The van der Waals surface area contributed by atoms with Crippen molar-refractivity contribution < 1.29 is 28.6 Å². The van der Waals surface area contributed by atoms with Gasteiger partial charge in [-0.05, 0) is 70.5 Å².